The maximum atomic E-state index is 12.1. The van der Waals surface area contributed by atoms with Crippen molar-refractivity contribution in [2.45, 2.75) is 26.3 Å². The van der Waals surface area contributed by atoms with Crippen LogP contribution >= 0.6 is 0 Å². The van der Waals surface area contributed by atoms with Gasteiger partial charge in [0, 0.05) is 13.2 Å². The Labute approximate surface area is 112 Å². The fraction of sp³-hybridized carbons (Fsp3) is 0.538. The summed E-state index contributed by atoms with van der Waals surface area (Å²) in [6, 6.07) is 0.924. The van der Waals surface area contributed by atoms with Gasteiger partial charge in [-0.1, -0.05) is 13.8 Å². The highest BCUT2D eigenvalue weighted by molar-refractivity contribution is 5.96. The Morgan fingerprint density at radius 2 is 2.11 bits per heavy atom. The summed E-state index contributed by atoms with van der Waals surface area (Å²) < 4.78 is 6.32. The molecule has 0 radical (unpaired) electrons. The van der Waals surface area contributed by atoms with Crippen LogP contribution < -0.4 is 11.1 Å². The van der Waals surface area contributed by atoms with Gasteiger partial charge in [0.05, 0.1) is 12.8 Å². The summed E-state index contributed by atoms with van der Waals surface area (Å²) in [6.45, 7) is 3.95. The third-order valence-corrected chi connectivity index (χ3v) is 2.76. The lowest BCUT2D eigenvalue weighted by atomic mass is 10.0. The lowest BCUT2D eigenvalue weighted by Crippen LogP contribution is -2.42. The van der Waals surface area contributed by atoms with E-state index in [1.807, 2.05) is 13.8 Å². The number of nitrogens with one attached hydrogen (secondary N) is 1. The average Bonchev–Trinajstić information content (AvgIpc) is 2.66. The van der Waals surface area contributed by atoms with E-state index < -0.39 is 12.0 Å². The molecule has 0 bridgehead atoms. The number of amides is 1. The maximum Gasteiger partial charge on any atom is 0.328 e. The molecule has 1 amide bonds. The Morgan fingerprint density at radius 1 is 1.47 bits per heavy atom. The number of rotatable bonds is 5. The molecule has 0 spiro atoms. The van der Waals surface area contributed by atoms with Gasteiger partial charge in [-0.05, 0) is 18.4 Å². The highest BCUT2D eigenvalue weighted by atomic mass is 16.5. The number of carbonyl (C=O) groups is 2. The number of hydrogen-bond acceptors (Lipinski definition) is 4. The van der Waals surface area contributed by atoms with Crippen LogP contribution in [0.1, 0.15) is 30.8 Å². The van der Waals surface area contributed by atoms with E-state index in [2.05, 4.69) is 5.32 Å². The minimum atomic E-state index is -0.645. The second-order valence-corrected chi connectivity index (χ2v) is 4.95. The van der Waals surface area contributed by atoms with Crippen molar-refractivity contribution in [3.05, 3.63) is 18.0 Å². The molecule has 0 aromatic carbocycles. The van der Waals surface area contributed by atoms with Crippen LogP contribution in [0.25, 0.3) is 0 Å². The lowest BCUT2D eigenvalue weighted by molar-refractivity contribution is -0.143. The number of anilines is 1. The highest BCUT2D eigenvalue weighted by Gasteiger charge is 2.24. The minimum absolute atomic E-state index is 0.267. The van der Waals surface area contributed by atoms with Crippen LogP contribution in [0.4, 0.5) is 5.69 Å². The molecule has 1 aromatic rings. The van der Waals surface area contributed by atoms with E-state index in [-0.39, 0.29) is 11.8 Å². The molecule has 1 atom stereocenters. The van der Waals surface area contributed by atoms with Crippen molar-refractivity contribution >= 4 is 17.6 Å². The quantitative estimate of drug-likeness (QED) is 0.777. The van der Waals surface area contributed by atoms with Gasteiger partial charge in [0.2, 0.25) is 0 Å². The molecule has 6 heteroatoms. The highest BCUT2D eigenvalue weighted by Crippen LogP contribution is 2.11. The van der Waals surface area contributed by atoms with E-state index in [1.165, 1.54) is 7.11 Å². The number of nitrogens with zero attached hydrogens (tertiary/aromatic N) is 1. The topological polar surface area (TPSA) is 86.3 Å². The van der Waals surface area contributed by atoms with Crippen LogP contribution in [0, 0.1) is 5.92 Å². The van der Waals surface area contributed by atoms with Crippen molar-refractivity contribution in [3.63, 3.8) is 0 Å². The largest absolute Gasteiger partial charge is 0.467 e. The average molecular weight is 267 g/mol. The maximum absolute atomic E-state index is 12.1. The zero-order valence-electron chi connectivity index (χ0n) is 11.8. The Kier molecular flexibility index (Phi) is 4.97. The fourth-order valence-electron chi connectivity index (χ4n) is 1.88. The van der Waals surface area contributed by atoms with E-state index in [4.69, 9.17) is 10.5 Å². The van der Waals surface area contributed by atoms with Gasteiger partial charge in [-0.2, -0.15) is 0 Å². The summed E-state index contributed by atoms with van der Waals surface area (Å²) in [5, 5.41) is 2.68. The van der Waals surface area contributed by atoms with Crippen molar-refractivity contribution in [3.8, 4) is 0 Å². The molecular weight excluding hydrogens is 246 g/mol. The van der Waals surface area contributed by atoms with Gasteiger partial charge in [-0.15, -0.1) is 0 Å². The van der Waals surface area contributed by atoms with Gasteiger partial charge in [0.25, 0.3) is 5.91 Å². The third-order valence-electron chi connectivity index (χ3n) is 2.76. The van der Waals surface area contributed by atoms with E-state index in [9.17, 15) is 9.59 Å². The number of hydrogen-bond donors (Lipinski definition) is 2. The van der Waals surface area contributed by atoms with Crippen molar-refractivity contribution in [1.82, 2.24) is 9.88 Å². The molecule has 6 nitrogen and oxygen atoms in total. The number of nitrogens with two attached hydrogens (primary N) is 1. The minimum Gasteiger partial charge on any atom is -0.467 e. The summed E-state index contributed by atoms with van der Waals surface area (Å²) in [4.78, 5) is 23.7. The van der Waals surface area contributed by atoms with Crippen LogP contribution in [-0.2, 0) is 16.6 Å². The normalized spacial score (nSPS) is 12.3. The number of ether oxygens (including phenoxy) is 1. The number of carbonyl (C=O) groups excluding carboxylic acids is 2. The molecule has 0 aliphatic carbocycles. The third kappa shape index (κ3) is 4.01. The van der Waals surface area contributed by atoms with Gasteiger partial charge < -0.3 is 20.4 Å². The summed E-state index contributed by atoms with van der Waals surface area (Å²) >= 11 is 0. The first-order valence-electron chi connectivity index (χ1n) is 6.15. The zero-order valence-corrected chi connectivity index (χ0v) is 11.8. The first-order chi connectivity index (χ1) is 8.85. The van der Waals surface area contributed by atoms with Crippen molar-refractivity contribution in [2.24, 2.45) is 13.0 Å². The molecule has 106 valence electrons. The van der Waals surface area contributed by atoms with Crippen molar-refractivity contribution < 1.29 is 14.3 Å². The molecule has 1 rings (SSSR count). The second kappa shape index (κ2) is 6.26. The predicted molar refractivity (Wildman–Crippen MR) is 72.6 cm³/mol. The SMILES string of the molecule is COC(=O)C(CC(C)C)NC(=O)c1cc(N)cn1C. The Morgan fingerprint density at radius 3 is 2.53 bits per heavy atom. The predicted octanol–water partition coefficient (Wildman–Crippen LogP) is 0.925. The number of esters is 1. The summed E-state index contributed by atoms with van der Waals surface area (Å²) in [7, 11) is 3.03. The van der Waals surface area contributed by atoms with E-state index in [1.54, 1.807) is 23.9 Å². The molecule has 1 aromatic heterocycles. The van der Waals surface area contributed by atoms with Crippen LogP contribution in [0.3, 0.4) is 0 Å². The summed E-state index contributed by atoms with van der Waals surface area (Å²) in [5.41, 5.74) is 6.54. The van der Waals surface area contributed by atoms with Crippen molar-refractivity contribution in [1.29, 1.82) is 0 Å². The smallest absolute Gasteiger partial charge is 0.328 e. The first-order valence-corrected chi connectivity index (χ1v) is 6.15. The second-order valence-electron chi connectivity index (χ2n) is 4.95. The molecule has 3 N–H and O–H groups in total. The number of nitrogen functional groups attached to an aromatic ring is 1. The van der Waals surface area contributed by atoms with E-state index in [0.29, 0.717) is 17.8 Å². The molecule has 0 aliphatic rings. The van der Waals surface area contributed by atoms with Gasteiger partial charge in [-0.25, -0.2) is 4.79 Å². The van der Waals surface area contributed by atoms with Crippen LogP contribution in [0.2, 0.25) is 0 Å². The Hall–Kier alpha value is -1.98. The summed E-state index contributed by atoms with van der Waals surface area (Å²) in [6.07, 6.45) is 2.17. The number of methoxy groups -OCH3 is 1. The van der Waals surface area contributed by atoms with Gasteiger partial charge in [0.1, 0.15) is 11.7 Å². The summed E-state index contributed by atoms with van der Waals surface area (Å²) in [5.74, 6) is -0.512. The molecule has 0 saturated carbocycles. The molecule has 0 aliphatic heterocycles. The van der Waals surface area contributed by atoms with Gasteiger partial charge in [0.15, 0.2) is 0 Å². The van der Waals surface area contributed by atoms with Gasteiger partial charge in [-0.3, -0.25) is 4.79 Å². The molecule has 19 heavy (non-hydrogen) atoms. The van der Waals surface area contributed by atoms with Crippen molar-refractivity contribution in [2.75, 3.05) is 12.8 Å². The molecule has 1 unspecified atom stereocenters. The van der Waals surface area contributed by atoms with Crippen LogP contribution in [-0.4, -0.2) is 29.6 Å². The van der Waals surface area contributed by atoms with Crippen LogP contribution in [0.15, 0.2) is 12.3 Å². The Balaban J connectivity index is 2.81. The number of aryl methyl sites for hydroxylation is 1. The molecular formula is C13H21N3O3. The number of aromatic nitrogens is 1. The van der Waals surface area contributed by atoms with E-state index >= 15 is 0 Å². The fourth-order valence-corrected chi connectivity index (χ4v) is 1.88. The van der Waals surface area contributed by atoms with Gasteiger partial charge >= 0.3 is 5.97 Å². The molecule has 0 saturated heterocycles. The molecule has 0 fully saturated rings. The zero-order chi connectivity index (χ0) is 14.6. The molecule has 1 heterocycles. The standard InChI is InChI=1S/C13H21N3O3/c1-8(2)5-10(13(18)19-4)15-12(17)11-6-9(14)7-16(11)3/h6-8,10H,5,14H2,1-4H3,(H,15,17). The first kappa shape index (κ1) is 15.1. The Bertz CT molecular complexity index is 466. The monoisotopic (exact) mass is 267 g/mol. The van der Waals surface area contributed by atoms with Crippen LogP contribution in [0.5, 0.6) is 0 Å². The lowest BCUT2D eigenvalue weighted by Gasteiger charge is -2.18. The van der Waals surface area contributed by atoms with E-state index in [0.717, 1.165) is 0 Å².